The van der Waals surface area contributed by atoms with Crippen LogP contribution in [0.4, 0.5) is 5.69 Å². The summed E-state index contributed by atoms with van der Waals surface area (Å²) in [6.07, 6.45) is 2.79. The van der Waals surface area contributed by atoms with Gasteiger partial charge in [-0.15, -0.1) is 0 Å². The van der Waals surface area contributed by atoms with Crippen molar-refractivity contribution in [2.45, 2.75) is 33.1 Å². The molecule has 116 valence electrons. The minimum absolute atomic E-state index is 0.0418. The number of carbonyl (C=O) groups is 2. The summed E-state index contributed by atoms with van der Waals surface area (Å²) in [4.78, 5) is 23.2. The van der Waals surface area contributed by atoms with Crippen LogP contribution in [-0.4, -0.2) is 31.6 Å². The maximum absolute atomic E-state index is 11.7. The van der Waals surface area contributed by atoms with Crippen LogP contribution in [0.2, 0.25) is 0 Å². The number of unbranched alkanes of at least 4 members (excludes halogenated alkanes) is 1. The van der Waals surface area contributed by atoms with Crippen LogP contribution in [0, 0.1) is 0 Å². The first kappa shape index (κ1) is 17.0. The maximum Gasteiger partial charge on any atom is 0.338 e. The number of ether oxygens (including phenoxy) is 1. The lowest BCUT2D eigenvalue weighted by Crippen LogP contribution is -2.30. The van der Waals surface area contributed by atoms with Gasteiger partial charge < -0.3 is 15.4 Å². The second-order valence-corrected chi connectivity index (χ2v) is 4.77. The van der Waals surface area contributed by atoms with Gasteiger partial charge in [0.2, 0.25) is 5.91 Å². The van der Waals surface area contributed by atoms with E-state index in [1.165, 1.54) is 0 Å². The minimum atomic E-state index is -0.310. The molecule has 0 bridgehead atoms. The lowest BCUT2D eigenvalue weighted by Gasteiger charge is -2.08. The standard InChI is InChI=1S/C16H24N2O3/c1-3-5-11-21-16(20)13-6-8-14(9-7-13)18-12-15(19)17-10-4-2/h6-9,18H,3-5,10-12H2,1-2H3,(H,17,19). The Morgan fingerprint density at radius 2 is 1.81 bits per heavy atom. The van der Waals surface area contributed by atoms with E-state index in [4.69, 9.17) is 4.74 Å². The first-order valence-electron chi connectivity index (χ1n) is 7.45. The van der Waals surface area contributed by atoms with Crippen LogP contribution in [0.15, 0.2) is 24.3 Å². The van der Waals surface area contributed by atoms with Crippen LogP contribution < -0.4 is 10.6 Å². The summed E-state index contributed by atoms with van der Waals surface area (Å²) in [6.45, 7) is 5.41. The van der Waals surface area contributed by atoms with Crippen molar-refractivity contribution in [2.24, 2.45) is 0 Å². The average molecular weight is 292 g/mol. The number of carbonyl (C=O) groups excluding carboxylic acids is 2. The summed E-state index contributed by atoms with van der Waals surface area (Å²) in [6, 6.07) is 6.92. The third-order valence-electron chi connectivity index (χ3n) is 2.88. The lowest BCUT2D eigenvalue weighted by molar-refractivity contribution is -0.119. The summed E-state index contributed by atoms with van der Waals surface area (Å²) >= 11 is 0. The molecule has 5 nitrogen and oxygen atoms in total. The zero-order valence-electron chi connectivity index (χ0n) is 12.8. The number of amides is 1. The van der Waals surface area contributed by atoms with Crippen molar-refractivity contribution in [3.8, 4) is 0 Å². The molecule has 5 heteroatoms. The van der Waals surface area contributed by atoms with Crippen LogP contribution in [-0.2, 0) is 9.53 Å². The molecule has 0 aliphatic carbocycles. The molecule has 2 N–H and O–H groups in total. The van der Waals surface area contributed by atoms with E-state index in [-0.39, 0.29) is 18.4 Å². The van der Waals surface area contributed by atoms with Gasteiger partial charge in [-0.2, -0.15) is 0 Å². The van der Waals surface area contributed by atoms with Gasteiger partial charge in [0.05, 0.1) is 18.7 Å². The third-order valence-corrected chi connectivity index (χ3v) is 2.88. The van der Waals surface area contributed by atoms with E-state index in [1.807, 2.05) is 13.8 Å². The van der Waals surface area contributed by atoms with E-state index in [1.54, 1.807) is 24.3 Å². The van der Waals surface area contributed by atoms with Crippen molar-refractivity contribution in [3.63, 3.8) is 0 Å². The number of esters is 1. The SMILES string of the molecule is CCCCOC(=O)c1ccc(NCC(=O)NCCC)cc1. The van der Waals surface area contributed by atoms with Crippen molar-refractivity contribution in [3.05, 3.63) is 29.8 Å². The van der Waals surface area contributed by atoms with E-state index in [0.717, 1.165) is 24.9 Å². The molecule has 0 saturated heterocycles. The maximum atomic E-state index is 11.7. The number of hydrogen-bond donors (Lipinski definition) is 2. The Labute approximate surface area is 126 Å². The van der Waals surface area contributed by atoms with Crippen molar-refractivity contribution in [1.29, 1.82) is 0 Å². The molecule has 0 heterocycles. The molecule has 1 amide bonds. The Balaban J connectivity index is 2.39. The largest absolute Gasteiger partial charge is 0.462 e. The Kier molecular flexibility index (Phi) is 7.94. The molecule has 0 aliphatic heterocycles. The molecule has 0 unspecified atom stereocenters. The van der Waals surface area contributed by atoms with E-state index < -0.39 is 0 Å². The zero-order valence-corrected chi connectivity index (χ0v) is 12.8. The highest BCUT2D eigenvalue weighted by molar-refractivity contribution is 5.90. The fourth-order valence-electron chi connectivity index (χ4n) is 1.63. The predicted octanol–water partition coefficient (Wildman–Crippen LogP) is 2.58. The van der Waals surface area contributed by atoms with Gasteiger partial charge in [-0.25, -0.2) is 4.79 Å². The highest BCUT2D eigenvalue weighted by atomic mass is 16.5. The Morgan fingerprint density at radius 3 is 2.43 bits per heavy atom. The molecule has 0 spiro atoms. The molecule has 0 radical (unpaired) electrons. The molecule has 0 aromatic heterocycles. The van der Waals surface area contributed by atoms with Crippen LogP contribution in [0.1, 0.15) is 43.5 Å². The molecule has 0 saturated carbocycles. The Morgan fingerprint density at radius 1 is 1.10 bits per heavy atom. The fraction of sp³-hybridized carbons (Fsp3) is 0.500. The van der Waals surface area contributed by atoms with Crippen molar-refractivity contribution >= 4 is 17.6 Å². The lowest BCUT2D eigenvalue weighted by atomic mass is 10.2. The van der Waals surface area contributed by atoms with Crippen molar-refractivity contribution in [1.82, 2.24) is 5.32 Å². The summed E-state index contributed by atoms with van der Waals surface area (Å²) in [7, 11) is 0. The van der Waals surface area contributed by atoms with Gasteiger partial charge in [0.1, 0.15) is 0 Å². The smallest absolute Gasteiger partial charge is 0.338 e. The zero-order chi connectivity index (χ0) is 15.5. The molecule has 1 rings (SSSR count). The number of anilines is 1. The van der Waals surface area contributed by atoms with E-state index in [9.17, 15) is 9.59 Å². The molecular formula is C16H24N2O3. The van der Waals surface area contributed by atoms with Crippen LogP contribution >= 0.6 is 0 Å². The van der Waals surface area contributed by atoms with Gasteiger partial charge in [0, 0.05) is 12.2 Å². The summed E-state index contributed by atoms with van der Waals surface area (Å²) < 4.78 is 5.13. The number of hydrogen-bond acceptors (Lipinski definition) is 4. The van der Waals surface area contributed by atoms with Gasteiger partial charge in [-0.05, 0) is 37.1 Å². The van der Waals surface area contributed by atoms with Gasteiger partial charge in [0.25, 0.3) is 0 Å². The normalized spacial score (nSPS) is 10.0. The molecule has 0 fully saturated rings. The van der Waals surface area contributed by atoms with Gasteiger partial charge in [-0.1, -0.05) is 20.3 Å². The van der Waals surface area contributed by atoms with Gasteiger partial charge >= 0.3 is 5.97 Å². The predicted molar refractivity (Wildman–Crippen MR) is 83.4 cm³/mol. The van der Waals surface area contributed by atoms with E-state index >= 15 is 0 Å². The van der Waals surface area contributed by atoms with Gasteiger partial charge in [0.15, 0.2) is 0 Å². The quantitative estimate of drug-likeness (QED) is 0.542. The fourth-order valence-corrected chi connectivity index (χ4v) is 1.63. The second-order valence-electron chi connectivity index (χ2n) is 4.77. The van der Waals surface area contributed by atoms with E-state index in [2.05, 4.69) is 10.6 Å². The third kappa shape index (κ3) is 6.79. The van der Waals surface area contributed by atoms with E-state index in [0.29, 0.717) is 18.7 Å². The molecular weight excluding hydrogens is 268 g/mol. The van der Waals surface area contributed by atoms with Crippen molar-refractivity contribution < 1.29 is 14.3 Å². The number of benzene rings is 1. The molecule has 1 aromatic carbocycles. The highest BCUT2D eigenvalue weighted by Gasteiger charge is 2.06. The summed E-state index contributed by atoms with van der Waals surface area (Å²) in [5.74, 6) is -0.351. The number of nitrogens with one attached hydrogen (secondary N) is 2. The molecule has 1 aromatic rings. The van der Waals surface area contributed by atoms with Crippen LogP contribution in [0.5, 0.6) is 0 Å². The van der Waals surface area contributed by atoms with Crippen molar-refractivity contribution in [2.75, 3.05) is 25.0 Å². The topological polar surface area (TPSA) is 67.4 Å². The average Bonchev–Trinajstić information content (AvgIpc) is 2.51. The van der Waals surface area contributed by atoms with Gasteiger partial charge in [-0.3, -0.25) is 4.79 Å². The first-order valence-corrected chi connectivity index (χ1v) is 7.45. The minimum Gasteiger partial charge on any atom is -0.462 e. The summed E-state index contributed by atoms with van der Waals surface area (Å²) in [5, 5.41) is 5.79. The van der Waals surface area contributed by atoms with Crippen LogP contribution in [0.25, 0.3) is 0 Å². The first-order chi connectivity index (χ1) is 10.2. The molecule has 0 atom stereocenters. The number of rotatable bonds is 9. The van der Waals surface area contributed by atoms with Crippen LogP contribution in [0.3, 0.4) is 0 Å². The Bertz CT molecular complexity index is 443. The molecule has 0 aliphatic rings. The Hall–Kier alpha value is -2.04. The highest BCUT2D eigenvalue weighted by Crippen LogP contribution is 2.10. The second kappa shape index (κ2) is 9.80. The summed E-state index contributed by atoms with van der Waals surface area (Å²) in [5.41, 5.74) is 1.32. The molecule has 21 heavy (non-hydrogen) atoms. The monoisotopic (exact) mass is 292 g/mol.